The second kappa shape index (κ2) is 8.97. The zero-order chi connectivity index (χ0) is 10.8. The average Bonchev–Trinajstić information content (AvgIpc) is 2.17. The lowest BCUT2D eigenvalue weighted by Crippen LogP contribution is -2.34. The Hall–Kier alpha value is -0.610. The molecule has 14 heavy (non-hydrogen) atoms. The lowest BCUT2D eigenvalue weighted by molar-refractivity contribution is -0.121. The highest BCUT2D eigenvalue weighted by Gasteiger charge is 2.03. The third-order valence-corrected chi connectivity index (χ3v) is 2.06. The minimum Gasteiger partial charge on any atom is -0.396 e. The van der Waals surface area contributed by atoms with Gasteiger partial charge < -0.3 is 15.7 Å². The van der Waals surface area contributed by atoms with Gasteiger partial charge in [0, 0.05) is 25.6 Å². The summed E-state index contributed by atoms with van der Waals surface area (Å²) in [6.07, 6.45) is 2.21. The first-order chi connectivity index (χ1) is 6.70. The van der Waals surface area contributed by atoms with Crippen LogP contribution in [-0.4, -0.2) is 36.8 Å². The van der Waals surface area contributed by atoms with Crippen LogP contribution in [0.5, 0.6) is 0 Å². The van der Waals surface area contributed by atoms with Crippen molar-refractivity contribution >= 4 is 5.91 Å². The SMILES string of the molecule is CCC(C)NC(=O)CCNCCCO. The van der Waals surface area contributed by atoms with Gasteiger partial charge in [-0.1, -0.05) is 6.92 Å². The summed E-state index contributed by atoms with van der Waals surface area (Å²) in [6, 6.07) is 0.264. The van der Waals surface area contributed by atoms with Crippen molar-refractivity contribution in [1.29, 1.82) is 0 Å². The summed E-state index contributed by atoms with van der Waals surface area (Å²) in [4.78, 5) is 11.2. The number of nitrogens with one attached hydrogen (secondary N) is 2. The number of aliphatic hydroxyl groups is 1. The zero-order valence-corrected chi connectivity index (χ0v) is 9.18. The Morgan fingerprint density at radius 1 is 1.43 bits per heavy atom. The maximum atomic E-state index is 11.2. The van der Waals surface area contributed by atoms with Crippen molar-refractivity contribution < 1.29 is 9.90 Å². The molecule has 4 nitrogen and oxygen atoms in total. The van der Waals surface area contributed by atoms with Gasteiger partial charge in [-0.25, -0.2) is 0 Å². The van der Waals surface area contributed by atoms with Gasteiger partial charge in [0.05, 0.1) is 0 Å². The molecule has 0 aliphatic heterocycles. The fourth-order valence-electron chi connectivity index (χ4n) is 0.980. The summed E-state index contributed by atoms with van der Waals surface area (Å²) in [5.41, 5.74) is 0. The molecule has 0 aromatic heterocycles. The van der Waals surface area contributed by atoms with Gasteiger partial charge in [0.1, 0.15) is 0 Å². The highest BCUT2D eigenvalue weighted by Crippen LogP contribution is 1.88. The molecule has 0 aliphatic carbocycles. The van der Waals surface area contributed by atoms with E-state index in [1.165, 1.54) is 0 Å². The number of hydrogen-bond acceptors (Lipinski definition) is 3. The summed E-state index contributed by atoms with van der Waals surface area (Å²) in [5.74, 6) is 0.0934. The Labute approximate surface area is 86.1 Å². The first-order valence-electron chi connectivity index (χ1n) is 5.31. The lowest BCUT2D eigenvalue weighted by atomic mass is 10.2. The van der Waals surface area contributed by atoms with E-state index in [1.54, 1.807) is 0 Å². The number of rotatable bonds is 8. The van der Waals surface area contributed by atoms with Crippen LogP contribution < -0.4 is 10.6 Å². The van der Waals surface area contributed by atoms with Crippen LogP contribution in [0.1, 0.15) is 33.1 Å². The summed E-state index contributed by atoms with van der Waals surface area (Å²) in [6.45, 7) is 5.70. The van der Waals surface area contributed by atoms with E-state index in [-0.39, 0.29) is 18.6 Å². The highest BCUT2D eigenvalue weighted by molar-refractivity contribution is 5.76. The smallest absolute Gasteiger partial charge is 0.221 e. The molecule has 0 radical (unpaired) electrons. The van der Waals surface area contributed by atoms with Crippen molar-refractivity contribution in [2.45, 2.75) is 39.2 Å². The molecular formula is C10H22N2O2. The molecule has 0 heterocycles. The summed E-state index contributed by atoms with van der Waals surface area (Å²) >= 11 is 0. The molecule has 0 spiro atoms. The number of carbonyl (C=O) groups excluding carboxylic acids is 1. The third kappa shape index (κ3) is 8.01. The molecule has 1 atom stereocenters. The van der Waals surface area contributed by atoms with E-state index in [9.17, 15) is 4.79 Å². The molecule has 84 valence electrons. The van der Waals surface area contributed by atoms with E-state index in [0.29, 0.717) is 13.0 Å². The minimum absolute atomic E-state index is 0.0934. The minimum atomic E-state index is 0.0934. The van der Waals surface area contributed by atoms with Crippen LogP contribution in [0.15, 0.2) is 0 Å². The first-order valence-corrected chi connectivity index (χ1v) is 5.31. The van der Waals surface area contributed by atoms with Crippen LogP contribution in [-0.2, 0) is 4.79 Å². The van der Waals surface area contributed by atoms with Gasteiger partial charge in [-0.2, -0.15) is 0 Å². The third-order valence-electron chi connectivity index (χ3n) is 2.06. The number of hydrogen-bond donors (Lipinski definition) is 3. The second-order valence-corrected chi connectivity index (χ2v) is 3.45. The van der Waals surface area contributed by atoms with E-state index >= 15 is 0 Å². The Balaban J connectivity index is 3.27. The van der Waals surface area contributed by atoms with Crippen molar-refractivity contribution in [1.82, 2.24) is 10.6 Å². The van der Waals surface area contributed by atoms with E-state index in [2.05, 4.69) is 10.6 Å². The van der Waals surface area contributed by atoms with Crippen molar-refractivity contribution in [3.8, 4) is 0 Å². The summed E-state index contributed by atoms with van der Waals surface area (Å²) in [7, 11) is 0. The molecule has 0 aromatic carbocycles. The van der Waals surface area contributed by atoms with E-state index in [4.69, 9.17) is 5.11 Å². The molecular weight excluding hydrogens is 180 g/mol. The van der Waals surface area contributed by atoms with Gasteiger partial charge in [0.25, 0.3) is 0 Å². The van der Waals surface area contributed by atoms with Crippen molar-refractivity contribution in [2.75, 3.05) is 19.7 Å². The van der Waals surface area contributed by atoms with Gasteiger partial charge >= 0.3 is 0 Å². The predicted molar refractivity (Wildman–Crippen MR) is 57.1 cm³/mol. The largest absolute Gasteiger partial charge is 0.396 e. The Kier molecular flexibility index (Phi) is 8.57. The lowest BCUT2D eigenvalue weighted by Gasteiger charge is -2.11. The summed E-state index contributed by atoms with van der Waals surface area (Å²) < 4.78 is 0. The molecule has 0 rings (SSSR count). The van der Waals surface area contributed by atoms with E-state index in [0.717, 1.165) is 19.4 Å². The van der Waals surface area contributed by atoms with Crippen molar-refractivity contribution in [3.63, 3.8) is 0 Å². The predicted octanol–water partition coefficient (Wildman–Crippen LogP) is 0.263. The maximum Gasteiger partial charge on any atom is 0.221 e. The van der Waals surface area contributed by atoms with Gasteiger partial charge in [-0.05, 0) is 26.3 Å². The van der Waals surface area contributed by atoms with Gasteiger partial charge in [-0.15, -0.1) is 0 Å². The number of aliphatic hydroxyl groups excluding tert-OH is 1. The van der Waals surface area contributed by atoms with Crippen LogP contribution in [0.25, 0.3) is 0 Å². The topological polar surface area (TPSA) is 61.4 Å². The maximum absolute atomic E-state index is 11.2. The molecule has 0 aliphatic rings. The van der Waals surface area contributed by atoms with E-state index in [1.807, 2.05) is 13.8 Å². The molecule has 0 saturated heterocycles. The molecule has 0 fully saturated rings. The normalized spacial score (nSPS) is 12.5. The number of carbonyl (C=O) groups is 1. The number of amides is 1. The zero-order valence-electron chi connectivity index (χ0n) is 9.18. The van der Waals surface area contributed by atoms with Crippen molar-refractivity contribution in [3.05, 3.63) is 0 Å². The Bertz CT molecular complexity index is 151. The molecule has 1 amide bonds. The van der Waals surface area contributed by atoms with Gasteiger partial charge in [0.2, 0.25) is 5.91 Å². The van der Waals surface area contributed by atoms with Gasteiger partial charge in [-0.3, -0.25) is 4.79 Å². The molecule has 1 unspecified atom stereocenters. The Morgan fingerprint density at radius 2 is 2.14 bits per heavy atom. The monoisotopic (exact) mass is 202 g/mol. The quantitative estimate of drug-likeness (QED) is 0.495. The molecule has 0 aromatic rings. The van der Waals surface area contributed by atoms with Crippen LogP contribution in [0.4, 0.5) is 0 Å². The van der Waals surface area contributed by atoms with Crippen LogP contribution in [0.3, 0.4) is 0 Å². The second-order valence-electron chi connectivity index (χ2n) is 3.45. The average molecular weight is 202 g/mol. The van der Waals surface area contributed by atoms with Crippen LogP contribution >= 0.6 is 0 Å². The fraction of sp³-hybridized carbons (Fsp3) is 0.900. The summed E-state index contributed by atoms with van der Waals surface area (Å²) in [5, 5.41) is 14.5. The molecule has 0 saturated carbocycles. The highest BCUT2D eigenvalue weighted by atomic mass is 16.3. The Morgan fingerprint density at radius 3 is 2.71 bits per heavy atom. The first kappa shape index (κ1) is 13.4. The van der Waals surface area contributed by atoms with Crippen LogP contribution in [0, 0.1) is 0 Å². The fourth-order valence-corrected chi connectivity index (χ4v) is 0.980. The molecule has 4 heteroatoms. The van der Waals surface area contributed by atoms with Gasteiger partial charge in [0.15, 0.2) is 0 Å². The van der Waals surface area contributed by atoms with E-state index < -0.39 is 0 Å². The van der Waals surface area contributed by atoms with Crippen LogP contribution in [0.2, 0.25) is 0 Å². The standard InChI is InChI=1S/C10H22N2O2/c1-3-9(2)12-10(14)5-7-11-6-4-8-13/h9,11,13H,3-8H2,1-2H3,(H,12,14). The van der Waals surface area contributed by atoms with Crippen molar-refractivity contribution in [2.24, 2.45) is 0 Å². The molecule has 0 bridgehead atoms. The molecule has 3 N–H and O–H groups in total.